The Morgan fingerprint density at radius 1 is 1.05 bits per heavy atom. The minimum absolute atomic E-state index is 0.0466. The molecule has 3 heterocycles. The summed E-state index contributed by atoms with van der Waals surface area (Å²) in [6.45, 7) is 0.484. The van der Waals surface area contributed by atoms with Crippen LogP contribution < -0.4 is 16.3 Å². The molecule has 12 heteroatoms. The van der Waals surface area contributed by atoms with E-state index >= 15 is 0 Å². The molecule has 4 aromatic rings. The van der Waals surface area contributed by atoms with Crippen LogP contribution in [0.3, 0.4) is 0 Å². The topological polar surface area (TPSA) is 93.8 Å². The molecule has 204 valence electrons. The second-order valence-electron chi connectivity index (χ2n) is 9.61. The van der Waals surface area contributed by atoms with Crippen LogP contribution >= 0.6 is 11.6 Å². The third-order valence-electron chi connectivity index (χ3n) is 7.09. The molecular formula is C27H26ClF3N6O2. The second kappa shape index (κ2) is 10.7. The van der Waals surface area contributed by atoms with Gasteiger partial charge < -0.3 is 10.6 Å². The summed E-state index contributed by atoms with van der Waals surface area (Å²) in [6, 6.07) is 11.9. The molecule has 0 atom stereocenters. The number of para-hydroxylation sites is 2. The number of benzene rings is 1. The molecule has 2 N–H and O–H groups in total. The molecule has 1 fully saturated rings. The van der Waals surface area contributed by atoms with Gasteiger partial charge in [-0.2, -0.15) is 13.2 Å². The van der Waals surface area contributed by atoms with E-state index in [0.29, 0.717) is 38.0 Å². The van der Waals surface area contributed by atoms with E-state index in [1.165, 1.54) is 0 Å². The summed E-state index contributed by atoms with van der Waals surface area (Å²) in [5.41, 5.74) is 0.344. The van der Waals surface area contributed by atoms with Crippen molar-refractivity contribution in [2.45, 2.75) is 44.4 Å². The number of nitrogens with zero attached hydrogens (tertiary/aromatic N) is 4. The van der Waals surface area contributed by atoms with Crippen LogP contribution in [0.4, 0.5) is 18.9 Å². The third kappa shape index (κ3) is 5.49. The Morgan fingerprint density at radius 3 is 2.41 bits per heavy atom. The van der Waals surface area contributed by atoms with Crippen molar-refractivity contribution < 1.29 is 18.0 Å². The van der Waals surface area contributed by atoms with Gasteiger partial charge in [-0.25, -0.2) is 19.3 Å². The number of hydrogen-bond donors (Lipinski definition) is 2. The lowest BCUT2D eigenvalue weighted by molar-refractivity contribution is -0.141. The summed E-state index contributed by atoms with van der Waals surface area (Å²) >= 11 is 5.81. The molecule has 3 aromatic heterocycles. The van der Waals surface area contributed by atoms with Crippen molar-refractivity contribution >= 4 is 34.2 Å². The van der Waals surface area contributed by atoms with Gasteiger partial charge >= 0.3 is 11.9 Å². The number of rotatable bonds is 6. The zero-order chi connectivity index (χ0) is 27.7. The molecule has 1 amide bonds. The number of aromatic nitrogens is 4. The summed E-state index contributed by atoms with van der Waals surface area (Å²) < 4.78 is 43.4. The summed E-state index contributed by atoms with van der Waals surface area (Å²) in [7, 11) is 1.79. The highest BCUT2D eigenvalue weighted by molar-refractivity contribution is 6.30. The number of pyridine rings is 2. The van der Waals surface area contributed by atoms with Gasteiger partial charge in [-0.3, -0.25) is 9.36 Å². The van der Waals surface area contributed by atoms with Crippen molar-refractivity contribution in [1.29, 1.82) is 0 Å². The second-order valence-corrected chi connectivity index (χ2v) is 10.0. The molecule has 1 saturated carbocycles. The molecule has 0 radical (unpaired) electrons. The van der Waals surface area contributed by atoms with Crippen LogP contribution in [0.2, 0.25) is 5.02 Å². The Morgan fingerprint density at radius 2 is 1.77 bits per heavy atom. The van der Waals surface area contributed by atoms with Crippen molar-refractivity contribution in [2.75, 3.05) is 12.4 Å². The predicted octanol–water partition coefficient (Wildman–Crippen LogP) is 5.28. The molecule has 0 spiro atoms. The average Bonchev–Trinajstić information content (AvgIpc) is 3.20. The highest BCUT2D eigenvalue weighted by Crippen LogP contribution is 2.32. The molecule has 8 nitrogen and oxygen atoms in total. The Labute approximate surface area is 226 Å². The zero-order valence-electron chi connectivity index (χ0n) is 21.0. The first-order valence-electron chi connectivity index (χ1n) is 12.5. The summed E-state index contributed by atoms with van der Waals surface area (Å²) in [4.78, 5) is 34.0. The van der Waals surface area contributed by atoms with E-state index in [2.05, 4.69) is 20.6 Å². The summed E-state index contributed by atoms with van der Waals surface area (Å²) in [6.07, 6.45) is 0.321. The Balaban J connectivity index is 1.30. The number of carbonyl (C=O) groups excluding carboxylic acids is 1. The van der Waals surface area contributed by atoms with E-state index in [0.717, 1.165) is 29.0 Å². The number of imidazole rings is 1. The van der Waals surface area contributed by atoms with Gasteiger partial charge in [-0.05, 0) is 61.9 Å². The van der Waals surface area contributed by atoms with Crippen molar-refractivity contribution in [3.8, 4) is 5.82 Å². The number of nitrogens with one attached hydrogen (secondary N) is 2. The van der Waals surface area contributed by atoms with Crippen LogP contribution in [-0.2, 0) is 12.7 Å². The van der Waals surface area contributed by atoms with E-state index in [4.69, 9.17) is 11.6 Å². The highest BCUT2D eigenvalue weighted by Gasteiger charge is 2.38. The predicted molar refractivity (Wildman–Crippen MR) is 142 cm³/mol. The molecule has 0 bridgehead atoms. The van der Waals surface area contributed by atoms with Gasteiger partial charge in [0, 0.05) is 25.8 Å². The summed E-state index contributed by atoms with van der Waals surface area (Å²) in [5, 5.41) is 5.68. The van der Waals surface area contributed by atoms with Crippen LogP contribution in [0.15, 0.2) is 59.7 Å². The fraction of sp³-hybridized carbons (Fsp3) is 0.333. The van der Waals surface area contributed by atoms with Gasteiger partial charge in [0.25, 0.3) is 5.91 Å². The first kappa shape index (κ1) is 26.7. The Kier molecular flexibility index (Phi) is 7.35. The molecule has 1 aromatic carbocycles. The minimum atomic E-state index is -4.77. The van der Waals surface area contributed by atoms with E-state index in [1.807, 2.05) is 30.3 Å². The van der Waals surface area contributed by atoms with Crippen LogP contribution in [-0.4, -0.2) is 38.1 Å². The van der Waals surface area contributed by atoms with Crippen LogP contribution in [0.5, 0.6) is 0 Å². The Hall–Kier alpha value is -3.86. The maximum absolute atomic E-state index is 13.5. The quantitative estimate of drug-likeness (QED) is 0.336. The van der Waals surface area contributed by atoms with E-state index in [1.54, 1.807) is 28.4 Å². The van der Waals surface area contributed by atoms with Crippen LogP contribution in [0.25, 0.3) is 16.9 Å². The lowest BCUT2D eigenvalue weighted by atomic mass is 9.85. The molecular weight excluding hydrogens is 533 g/mol. The van der Waals surface area contributed by atoms with Gasteiger partial charge in [0.15, 0.2) is 5.69 Å². The van der Waals surface area contributed by atoms with Gasteiger partial charge in [-0.1, -0.05) is 23.7 Å². The van der Waals surface area contributed by atoms with Gasteiger partial charge in [0.1, 0.15) is 5.82 Å². The standard InChI is InChI=1S/C27H26ClF3N6O2/c1-32-19-10-11-23(33-14-19)37-22-5-3-2-4-21(22)36(26(37)39)15-16-6-8-18(9-7-16)35-25(38)20-12-17(28)13-34-24(20)27(29,30)31/h2-5,10-14,16,18,32H,6-9,15H2,1H3,(H,35,38)/t16-,18-. The van der Waals surface area contributed by atoms with E-state index in [-0.39, 0.29) is 22.7 Å². The largest absolute Gasteiger partial charge is 0.434 e. The number of halogens is 4. The summed E-state index contributed by atoms with van der Waals surface area (Å²) in [5.74, 6) is -0.167. The van der Waals surface area contributed by atoms with Crippen molar-refractivity contribution in [1.82, 2.24) is 24.4 Å². The van der Waals surface area contributed by atoms with Crippen molar-refractivity contribution in [2.24, 2.45) is 5.92 Å². The minimum Gasteiger partial charge on any atom is -0.387 e. The van der Waals surface area contributed by atoms with Crippen LogP contribution in [0, 0.1) is 5.92 Å². The average molecular weight is 559 g/mol. The number of hydrogen-bond acceptors (Lipinski definition) is 5. The number of anilines is 1. The van der Waals surface area contributed by atoms with Gasteiger partial charge in [0.2, 0.25) is 0 Å². The molecule has 39 heavy (non-hydrogen) atoms. The van der Waals surface area contributed by atoms with Gasteiger partial charge in [0.05, 0.1) is 33.5 Å². The maximum atomic E-state index is 13.5. The van der Waals surface area contributed by atoms with Crippen molar-refractivity contribution in [3.05, 3.63) is 81.6 Å². The molecule has 0 aliphatic heterocycles. The highest BCUT2D eigenvalue weighted by atomic mass is 35.5. The molecule has 5 rings (SSSR count). The fourth-order valence-corrected chi connectivity index (χ4v) is 5.28. The smallest absolute Gasteiger partial charge is 0.387 e. The first-order valence-corrected chi connectivity index (χ1v) is 12.9. The van der Waals surface area contributed by atoms with Crippen molar-refractivity contribution in [3.63, 3.8) is 0 Å². The normalized spacial score (nSPS) is 17.8. The molecule has 1 aliphatic rings. The first-order chi connectivity index (χ1) is 18.7. The lowest BCUT2D eigenvalue weighted by Gasteiger charge is -2.29. The third-order valence-corrected chi connectivity index (χ3v) is 7.30. The number of carbonyl (C=O) groups is 1. The number of amides is 1. The fourth-order valence-electron chi connectivity index (χ4n) is 5.12. The zero-order valence-corrected chi connectivity index (χ0v) is 21.8. The van der Waals surface area contributed by atoms with Crippen LogP contribution in [0.1, 0.15) is 41.7 Å². The Bertz CT molecular complexity index is 1560. The lowest BCUT2D eigenvalue weighted by Crippen LogP contribution is -2.39. The maximum Gasteiger partial charge on any atom is 0.434 e. The van der Waals surface area contributed by atoms with E-state index in [9.17, 15) is 22.8 Å². The van der Waals surface area contributed by atoms with E-state index < -0.39 is 23.3 Å². The SMILES string of the molecule is CNc1ccc(-n2c(=O)n(C[C@H]3CC[C@H](NC(=O)c4cc(Cl)cnc4C(F)(F)F)CC3)c3ccccc32)nc1. The number of alkyl halides is 3. The molecule has 0 saturated heterocycles. The van der Waals surface area contributed by atoms with Gasteiger partial charge in [-0.15, -0.1) is 0 Å². The monoisotopic (exact) mass is 558 g/mol. The number of fused-ring (bicyclic) bond motifs is 1. The molecule has 0 unspecified atom stereocenters. The molecule has 1 aliphatic carbocycles.